The van der Waals surface area contributed by atoms with Crippen LogP contribution in [0.5, 0.6) is 0 Å². The van der Waals surface area contributed by atoms with Crippen molar-refractivity contribution in [1.82, 2.24) is 9.71 Å². The highest BCUT2D eigenvalue weighted by Gasteiger charge is 2.19. The van der Waals surface area contributed by atoms with Crippen LogP contribution in [0.1, 0.15) is 28.5 Å². The molecule has 0 unspecified atom stereocenters. The summed E-state index contributed by atoms with van der Waals surface area (Å²) in [6.45, 7) is 6.16. The van der Waals surface area contributed by atoms with E-state index in [4.69, 9.17) is 9.57 Å². The van der Waals surface area contributed by atoms with Crippen LogP contribution < -0.4 is 4.84 Å². The van der Waals surface area contributed by atoms with Crippen molar-refractivity contribution in [2.24, 2.45) is 0 Å². The van der Waals surface area contributed by atoms with E-state index in [1.165, 1.54) is 0 Å². The van der Waals surface area contributed by atoms with Crippen molar-refractivity contribution in [1.29, 1.82) is 0 Å². The van der Waals surface area contributed by atoms with Gasteiger partial charge >= 0.3 is 5.97 Å². The number of esters is 1. The average Bonchev–Trinajstić information content (AvgIpc) is 3.01. The molecule has 0 amide bonds. The number of nitrogens with zero attached hydrogens (tertiary/aromatic N) is 1. The molecule has 2 heterocycles. The molecule has 5 nitrogen and oxygen atoms in total. The number of fused-ring (bicyclic) bond motifs is 2. The highest BCUT2D eigenvalue weighted by atomic mass is 16.6. The van der Waals surface area contributed by atoms with Gasteiger partial charge in [0.25, 0.3) is 0 Å². The third-order valence-corrected chi connectivity index (χ3v) is 3.91. The first kappa shape index (κ1) is 13.5. The van der Waals surface area contributed by atoms with Crippen LogP contribution in [-0.2, 0) is 4.74 Å². The number of H-pyrrole nitrogens is 1. The number of benzene rings is 1. The minimum atomic E-state index is -0.315. The monoisotopic (exact) mass is 286 g/mol. The molecule has 0 radical (unpaired) electrons. The van der Waals surface area contributed by atoms with Gasteiger partial charge in [-0.25, -0.2) is 4.79 Å². The van der Waals surface area contributed by atoms with Crippen molar-refractivity contribution >= 4 is 27.8 Å². The van der Waals surface area contributed by atoms with E-state index in [-0.39, 0.29) is 5.97 Å². The van der Waals surface area contributed by atoms with Crippen molar-refractivity contribution in [2.75, 3.05) is 13.7 Å². The molecule has 0 spiro atoms. The Hall–Kier alpha value is -2.43. The zero-order valence-electron chi connectivity index (χ0n) is 12.6. The Kier molecular flexibility index (Phi) is 3.12. The van der Waals surface area contributed by atoms with Crippen molar-refractivity contribution in [3.05, 3.63) is 35.2 Å². The van der Waals surface area contributed by atoms with Gasteiger partial charge in [0, 0.05) is 22.5 Å². The third-order valence-electron chi connectivity index (χ3n) is 3.91. The third kappa shape index (κ3) is 1.88. The minimum Gasteiger partial charge on any atom is -0.461 e. The van der Waals surface area contributed by atoms with Crippen LogP contribution in [-0.4, -0.2) is 29.4 Å². The second-order valence-corrected chi connectivity index (χ2v) is 5.03. The number of rotatable bonds is 3. The molecule has 0 aliphatic heterocycles. The van der Waals surface area contributed by atoms with Gasteiger partial charge in [-0.05, 0) is 44.0 Å². The second kappa shape index (κ2) is 4.84. The lowest BCUT2D eigenvalue weighted by molar-refractivity contribution is 0.0520. The quantitative estimate of drug-likeness (QED) is 0.753. The maximum Gasteiger partial charge on any atom is 0.355 e. The van der Waals surface area contributed by atoms with Crippen LogP contribution in [0.25, 0.3) is 21.8 Å². The average molecular weight is 286 g/mol. The summed E-state index contributed by atoms with van der Waals surface area (Å²) < 4.78 is 6.81. The largest absolute Gasteiger partial charge is 0.461 e. The first-order valence-electron chi connectivity index (χ1n) is 6.93. The first-order valence-corrected chi connectivity index (χ1v) is 6.93. The van der Waals surface area contributed by atoms with E-state index in [1.807, 2.05) is 25.3 Å². The number of carbonyl (C=O) groups excluding carboxylic acids is 1. The lowest BCUT2D eigenvalue weighted by Crippen LogP contribution is -2.06. The van der Waals surface area contributed by atoms with E-state index < -0.39 is 0 Å². The van der Waals surface area contributed by atoms with Gasteiger partial charge < -0.3 is 14.6 Å². The molecule has 21 heavy (non-hydrogen) atoms. The van der Waals surface area contributed by atoms with Gasteiger partial charge in [-0.1, -0.05) is 0 Å². The lowest BCUT2D eigenvalue weighted by Gasteiger charge is -2.05. The summed E-state index contributed by atoms with van der Waals surface area (Å²) in [7, 11) is 1.63. The number of hydrogen-bond donors (Lipinski definition) is 1. The van der Waals surface area contributed by atoms with E-state index in [0.717, 1.165) is 32.9 Å². The molecule has 0 saturated heterocycles. The van der Waals surface area contributed by atoms with Gasteiger partial charge in [0.05, 0.1) is 12.1 Å². The Bertz CT molecular complexity index is 842. The standard InChI is InChI=1S/C16H18N2O3/c1-5-21-16(19)15-10(3)14-9(2)11-6-7-18(20-4)13(11)8-12(14)17-15/h6-8,17H,5H2,1-4H3. The number of carbonyl (C=O) groups is 1. The zero-order valence-corrected chi connectivity index (χ0v) is 12.6. The first-order chi connectivity index (χ1) is 10.1. The molecule has 0 bridgehead atoms. The summed E-state index contributed by atoms with van der Waals surface area (Å²) in [5.74, 6) is -0.315. The maximum atomic E-state index is 12.0. The Morgan fingerprint density at radius 3 is 2.76 bits per heavy atom. The van der Waals surface area contributed by atoms with E-state index >= 15 is 0 Å². The normalized spacial score (nSPS) is 11.2. The van der Waals surface area contributed by atoms with Crippen molar-refractivity contribution in [2.45, 2.75) is 20.8 Å². The molecule has 1 N–H and O–H groups in total. The van der Waals surface area contributed by atoms with Gasteiger partial charge in [0.15, 0.2) is 0 Å². The van der Waals surface area contributed by atoms with Crippen LogP contribution in [0, 0.1) is 13.8 Å². The molecule has 3 aromatic rings. The smallest absolute Gasteiger partial charge is 0.355 e. The number of aryl methyl sites for hydroxylation is 2. The summed E-state index contributed by atoms with van der Waals surface area (Å²) >= 11 is 0. The van der Waals surface area contributed by atoms with Crippen molar-refractivity contribution < 1.29 is 14.4 Å². The van der Waals surface area contributed by atoms with Crippen molar-refractivity contribution in [3.8, 4) is 0 Å². The fraction of sp³-hybridized carbons (Fsp3) is 0.312. The fourth-order valence-electron chi connectivity index (χ4n) is 2.93. The van der Waals surface area contributed by atoms with E-state index in [2.05, 4.69) is 11.9 Å². The molecular formula is C16H18N2O3. The number of aromatic amines is 1. The number of hydrogen-bond acceptors (Lipinski definition) is 3. The summed E-state index contributed by atoms with van der Waals surface area (Å²) in [6, 6.07) is 4.01. The predicted molar refractivity (Wildman–Crippen MR) is 81.7 cm³/mol. The number of nitrogens with one attached hydrogen (secondary N) is 1. The topological polar surface area (TPSA) is 56.2 Å². The predicted octanol–water partition coefficient (Wildman–Crippen LogP) is 2.97. The number of ether oxygens (including phenoxy) is 1. The Morgan fingerprint density at radius 1 is 1.33 bits per heavy atom. The van der Waals surface area contributed by atoms with Crippen LogP contribution in [0.3, 0.4) is 0 Å². The van der Waals surface area contributed by atoms with Gasteiger partial charge in [0.2, 0.25) is 0 Å². The number of aromatic nitrogens is 2. The highest BCUT2D eigenvalue weighted by molar-refractivity contribution is 6.05. The molecule has 0 aliphatic rings. The van der Waals surface area contributed by atoms with Crippen LogP contribution in [0.2, 0.25) is 0 Å². The van der Waals surface area contributed by atoms with Gasteiger partial charge in [-0.15, -0.1) is 0 Å². The second-order valence-electron chi connectivity index (χ2n) is 5.03. The summed E-state index contributed by atoms with van der Waals surface area (Å²) in [4.78, 5) is 20.5. The minimum absolute atomic E-state index is 0.315. The highest BCUT2D eigenvalue weighted by Crippen LogP contribution is 2.32. The Morgan fingerprint density at radius 2 is 2.10 bits per heavy atom. The van der Waals surface area contributed by atoms with E-state index in [9.17, 15) is 4.79 Å². The zero-order chi connectivity index (χ0) is 15.1. The molecule has 1 aromatic carbocycles. The van der Waals surface area contributed by atoms with E-state index in [0.29, 0.717) is 12.3 Å². The van der Waals surface area contributed by atoms with Crippen LogP contribution in [0.15, 0.2) is 18.3 Å². The molecule has 5 heteroatoms. The summed E-state index contributed by atoms with van der Waals surface area (Å²) in [5, 5.41) is 2.18. The maximum absolute atomic E-state index is 12.0. The van der Waals surface area contributed by atoms with Crippen molar-refractivity contribution in [3.63, 3.8) is 0 Å². The molecule has 3 rings (SSSR count). The molecule has 0 saturated carbocycles. The molecular weight excluding hydrogens is 268 g/mol. The molecule has 2 aromatic heterocycles. The van der Waals surface area contributed by atoms with Gasteiger partial charge in [-0.3, -0.25) is 0 Å². The van der Waals surface area contributed by atoms with E-state index in [1.54, 1.807) is 18.8 Å². The van der Waals surface area contributed by atoms with Crippen LogP contribution in [0.4, 0.5) is 0 Å². The van der Waals surface area contributed by atoms with Gasteiger partial charge in [0.1, 0.15) is 12.8 Å². The summed E-state index contributed by atoms with van der Waals surface area (Å²) in [5.41, 5.74) is 4.46. The SMILES string of the molecule is CCOC(=O)c1[nH]c2cc3c(ccn3OC)c(C)c2c1C. The summed E-state index contributed by atoms with van der Waals surface area (Å²) in [6.07, 6.45) is 1.89. The molecule has 0 atom stereocenters. The van der Waals surface area contributed by atoms with Gasteiger partial charge in [-0.2, -0.15) is 4.73 Å². The Balaban J connectivity index is 2.31. The van der Waals surface area contributed by atoms with Crippen LogP contribution >= 0.6 is 0 Å². The Labute approximate surface area is 122 Å². The fourth-order valence-corrected chi connectivity index (χ4v) is 2.93. The molecule has 0 aliphatic carbocycles. The lowest BCUT2D eigenvalue weighted by atomic mass is 10.0. The molecule has 0 fully saturated rings. The molecule has 110 valence electrons.